The number of morpholine rings is 1. The van der Waals surface area contributed by atoms with Crippen molar-refractivity contribution in [3.8, 4) is 0 Å². The van der Waals surface area contributed by atoms with E-state index < -0.39 is 0 Å². The van der Waals surface area contributed by atoms with Crippen molar-refractivity contribution in [1.29, 1.82) is 0 Å². The number of nitrogens with one attached hydrogen (secondary N) is 2. The smallest absolute Gasteiger partial charge is 0.239 e. The first-order valence-corrected chi connectivity index (χ1v) is 8.59. The molecule has 0 spiro atoms. The molecule has 1 amide bonds. The summed E-state index contributed by atoms with van der Waals surface area (Å²) in [5.41, 5.74) is 2.28. The Morgan fingerprint density at radius 2 is 1.91 bits per heavy atom. The molecular formula is C18H27N3O2. The maximum absolute atomic E-state index is 11.9. The van der Waals surface area contributed by atoms with Gasteiger partial charge in [-0.1, -0.05) is 18.2 Å². The molecule has 23 heavy (non-hydrogen) atoms. The second kappa shape index (κ2) is 7.32. The highest BCUT2D eigenvalue weighted by Gasteiger charge is 2.24. The molecule has 5 heteroatoms. The number of para-hydroxylation sites is 1. The number of nitrogens with zero attached hydrogens (tertiary/aromatic N) is 1. The van der Waals surface area contributed by atoms with Gasteiger partial charge in [0.25, 0.3) is 0 Å². The Labute approximate surface area is 138 Å². The lowest BCUT2D eigenvalue weighted by molar-refractivity contribution is -0.119. The summed E-state index contributed by atoms with van der Waals surface area (Å²) in [4.78, 5) is 14.3. The van der Waals surface area contributed by atoms with Crippen molar-refractivity contribution >= 4 is 11.6 Å². The second-order valence-corrected chi connectivity index (χ2v) is 6.80. The Balaban J connectivity index is 1.57. The molecule has 1 saturated heterocycles. The molecule has 2 N–H and O–H groups in total. The molecule has 0 bridgehead atoms. The van der Waals surface area contributed by atoms with Gasteiger partial charge in [-0.3, -0.25) is 9.69 Å². The maximum atomic E-state index is 11.9. The second-order valence-electron chi connectivity index (χ2n) is 6.80. The third-order valence-electron chi connectivity index (χ3n) is 4.29. The van der Waals surface area contributed by atoms with E-state index in [9.17, 15) is 4.79 Å². The largest absolute Gasteiger partial charge is 0.376 e. The quantitative estimate of drug-likeness (QED) is 0.842. The summed E-state index contributed by atoms with van der Waals surface area (Å²) in [6.45, 7) is 7.35. The predicted octanol–water partition coefficient (Wildman–Crippen LogP) is 1.99. The molecule has 0 radical (unpaired) electrons. The van der Waals surface area contributed by atoms with E-state index in [2.05, 4.69) is 41.5 Å². The van der Waals surface area contributed by atoms with Gasteiger partial charge in [0.2, 0.25) is 5.91 Å². The monoisotopic (exact) mass is 317 g/mol. The molecule has 5 nitrogen and oxygen atoms in total. The zero-order valence-electron chi connectivity index (χ0n) is 14.0. The van der Waals surface area contributed by atoms with Crippen molar-refractivity contribution in [2.75, 3.05) is 25.0 Å². The summed E-state index contributed by atoms with van der Waals surface area (Å²) >= 11 is 0. The van der Waals surface area contributed by atoms with Crippen molar-refractivity contribution in [2.24, 2.45) is 0 Å². The highest BCUT2D eigenvalue weighted by molar-refractivity contribution is 5.81. The lowest BCUT2D eigenvalue weighted by atomic mass is 10.1. The van der Waals surface area contributed by atoms with Crippen LogP contribution in [-0.4, -0.2) is 48.7 Å². The summed E-state index contributed by atoms with van der Waals surface area (Å²) in [6.07, 6.45) is 2.78. The first-order chi connectivity index (χ1) is 11.1. The van der Waals surface area contributed by atoms with Crippen LogP contribution in [0.15, 0.2) is 24.3 Å². The van der Waals surface area contributed by atoms with Crippen LogP contribution in [0.1, 0.15) is 32.3 Å². The maximum Gasteiger partial charge on any atom is 0.239 e. The van der Waals surface area contributed by atoms with E-state index >= 15 is 0 Å². The molecule has 1 aliphatic heterocycles. The average Bonchev–Trinajstić information content (AvgIpc) is 3.29. The topological polar surface area (TPSA) is 53.6 Å². The number of anilines is 1. The van der Waals surface area contributed by atoms with Gasteiger partial charge >= 0.3 is 0 Å². The highest BCUT2D eigenvalue weighted by atomic mass is 16.5. The lowest BCUT2D eigenvalue weighted by Crippen LogP contribution is -2.44. The molecule has 2 aliphatic rings. The van der Waals surface area contributed by atoms with Crippen LogP contribution in [0.3, 0.4) is 0 Å². The Morgan fingerprint density at radius 1 is 1.22 bits per heavy atom. The molecule has 0 unspecified atom stereocenters. The van der Waals surface area contributed by atoms with Crippen LogP contribution in [0.4, 0.5) is 5.69 Å². The van der Waals surface area contributed by atoms with Crippen molar-refractivity contribution in [3.05, 3.63) is 29.8 Å². The molecule has 1 aromatic carbocycles. The van der Waals surface area contributed by atoms with E-state index in [0.717, 1.165) is 38.2 Å². The minimum Gasteiger partial charge on any atom is -0.376 e. The fraction of sp³-hybridized carbons (Fsp3) is 0.611. The number of hydrogen-bond donors (Lipinski definition) is 2. The Kier molecular flexibility index (Phi) is 5.18. The molecule has 1 aliphatic carbocycles. The number of carbonyl (C=O) groups is 1. The number of carbonyl (C=O) groups excluding carboxylic acids is 1. The Morgan fingerprint density at radius 3 is 2.61 bits per heavy atom. The van der Waals surface area contributed by atoms with E-state index in [4.69, 9.17) is 4.74 Å². The standard InChI is InChI=1S/C18H27N3O2/c1-13-10-21(11-14(2)23-13)12-15-5-3-4-6-17(15)19-9-18(22)20-16-7-8-16/h3-6,13-14,16,19H,7-12H2,1-2H3,(H,20,22)/t13-,14-/m0/s1. The van der Waals surface area contributed by atoms with Gasteiger partial charge in [-0.25, -0.2) is 0 Å². The minimum absolute atomic E-state index is 0.0796. The van der Waals surface area contributed by atoms with E-state index in [0.29, 0.717) is 12.6 Å². The van der Waals surface area contributed by atoms with Crippen LogP contribution in [0.25, 0.3) is 0 Å². The average molecular weight is 317 g/mol. The predicted molar refractivity (Wildman–Crippen MR) is 91.4 cm³/mol. The third kappa shape index (κ3) is 4.94. The number of benzene rings is 1. The van der Waals surface area contributed by atoms with Crippen molar-refractivity contribution < 1.29 is 9.53 Å². The van der Waals surface area contributed by atoms with Gasteiger partial charge in [0.15, 0.2) is 0 Å². The summed E-state index contributed by atoms with van der Waals surface area (Å²) < 4.78 is 5.80. The molecule has 2 fully saturated rings. The number of ether oxygens (including phenoxy) is 1. The fourth-order valence-electron chi connectivity index (χ4n) is 3.17. The van der Waals surface area contributed by atoms with Crippen LogP contribution in [0, 0.1) is 0 Å². The van der Waals surface area contributed by atoms with Crippen LogP contribution in [-0.2, 0) is 16.1 Å². The Bertz CT molecular complexity index is 535. The molecule has 2 atom stereocenters. The SMILES string of the molecule is C[C@H]1CN(Cc2ccccc2NCC(=O)NC2CC2)C[C@H](C)O1. The number of rotatable bonds is 6. The van der Waals surface area contributed by atoms with Gasteiger partial charge in [-0.15, -0.1) is 0 Å². The molecule has 1 saturated carbocycles. The van der Waals surface area contributed by atoms with Crippen LogP contribution >= 0.6 is 0 Å². The third-order valence-corrected chi connectivity index (χ3v) is 4.29. The molecule has 1 aromatic rings. The number of hydrogen-bond acceptors (Lipinski definition) is 4. The van der Waals surface area contributed by atoms with Crippen molar-refractivity contribution in [3.63, 3.8) is 0 Å². The zero-order valence-corrected chi connectivity index (χ0v) is 14.0. The van der Waals surface area contributed by atoms with Crippen LogP contribution < -0.4 is 10.6 Å². The molecule has 126 valence electrons. The molecule has 0 aromatic heterocycles. The van der Waals surface area contributed by atoms with Gasteiger partial charge < -0.3 is 15.4 Å². The van der Waals surface area contributed by atoms with Crippen LogP contribution in [0.5, 0.6) is 0 Å². The van der Waals surface area contributed by atoms with Gasteiger partial charge in [0.1, 0.15) is 0 Å². The Hall–Kier alpha value is -1.59. The van der Waals surface area contributed by atoms with Gasteiger partial charge in [-0.05, 0) is 38.3 Å². The van der Waals surface area contributed by atoms with Crippen LogP contribution in [0.2, 0.25) is 0 Å². The van der Waals surface area contributed by atoms with Gasteiger partial charge in [0, 0.05) is 31.4 Å². The normalized spacial score (nSPS) is 25.1. The summed E-state index contributed by atoms with van der Waals surface area (Å²) in [5, 5.41) is 6.30. The van der Waals surface area contributed by atoms with Gasteiger partial charge in [-0.2, -0.15) is 0 Å². The summed E-state index contributed by atoms with van der Waals surface area (Å²) in [5.74, 6) is 0.0796. The van der Waals surface area contributed by atoms with E-state index in [1.807, 2.05) is 12.1 Å². The van der Waals surface area contributed by atoms with E-state index in [1.165, 1.54) is 5.56 Å². The molecule has 3 rings (SSSR count). The zero-order chi connectivity index (χ0) is 16.2. The minimum atomic E-state index is 0.0796. The lowest BCUT2D eigenvalue weighted by Gasteiger charge is -2.35. The fourth-order valence-corrected chi connectivity index (χ4v) is 3.17. The highest BCUT2D eigenvalue weighted by Crippen LogP contribution is 2.21. The molecular weight excluding hydrogens is 290 g/mol. The van der Waals surface area contributed by atoms with Crippen molar-refractivity contribution in [1.82, 2.24) is 10.2 Å². The van der Waals surface area contributed by atoms with E-state index in [1.54, 1.807) is 0 Å². The number of amides is 1. The molecule has 1 heterocycles. The summed E-state index contributed by atoms with van der Waals surface area (Å²) in [6, 6.07) is 8.66. The van der Waals surface area contributed by atoms with E-state index in [-0.39, 0.29) is 18.1 Å². The first kappa shape index (κ1) is 16.3. The van der Waals surface area contributed by atoms with Crippen molar-refractivity contribution in [2.45, 2.75) is 51.5 Å². The first-order valence-electron chi connectivity index (χ1n) is 8.59. The van der Waals surface area contributed by atoms with Gasteiger partial charge in [0.05, 0.1) is 18.8 Å². The summed E-state index contributed by atoms with van der Waals surface area (Å²) in [7, 11) is 0.